The number of nitrogens with zero attached hydrogens (tertiary/aromatic N) is 1. The van der Waals surface area contributed by atoms with Crippen LogP contribution in [0.2, 0.25) is 5.02 Å². The van der Waals surface area contributed by atoms with Crippen molar-refractivity contribution in [1.29, 1.82) is 5.26 Å². The van der Waals surface area contributed by atoms with Crippen molar-refractivity contribution in [3.63, 3.8) is 0 Å². The summed E-state index contributed by atoms with van der Waals surface area (Å²) in [4.78, 5) is 11.2. The zero-order valence-electron chi connectivity index (χ0n) is 9.91. The van der Waals surface area contributed by atoms with Crippen LogP contribution in [0.5, 0.6) is 0 Å². The summed E-state index contributed by atoms with van der Waals surface area (Å²) in [6.45, 7) is 3.45. The van der Waals surface area contributed by atoms with Crippen LogP contribution < -0.4 is 0 Å². The van der Waals surface area contributed by atoms with Gasteiger partial charge in [0, 0.05) is 6.08 Å². The standard InChI is InChI=1S/C13H11ClFNO2/c1-8(2)18-13(17)4-3-9-5-11(14)10(7-16)12(15)6-9/h3-6,8H,1-2H3/b4-3+. The van der Waals surface area contributed by atoms with Crippen LogP contribution in [0.1, 0.15) is 25.0 Å². The van der Waals surface area contributed by atoms with Crippen molar-refractivity contribution in [1.82, 2.24) is 0 Å². The molecule has 0 N–H and O–H groups in total. The van der Waals surface area contributed by atoms with Gasteiger partial charge in [0.1, 0.15) is 17.4 Å². The second kappa shape index (κ2) is 6.18. The Labute approximate surface area is 109 Å². The third-order valence-corrected chi connectivity index (χ3v) is 2.24. The van der Waals surface area contributed by atoms with E-state index in [1.54, 1.807) is 19.9 Å². The lowest BCUT2D eigenvalue weighted by molar-refractivity contribution is -0.141. The number of nitriles is 1. The Morgan fingerprint density at radius 1 is 1.56 bits per heavy atom. The molecule has 0 amide bonds. The number of halogens is 2. The highest BCUT2D eigenvalue weighted by Crippen LogP contribution is 2.21. The number of carbonyl (C=O) groups is 1. The highest BCUT2D eigenvalue weighted by molar-refractivity contribution is 6.31. The molecule has 1 aromatic rings. The Hall–Kier alpha value is -1.86. The van der Waals surface area contributed by atoms with Crippen LogP contribution in [0.25, 0.3) is 6.08 Å². The van der Waals surface area contributed by atoms with Crippen LogP contribution in [0.4, 0.5) is 4.39 Å². The molecule has 1 rings (SSSR count). The van der Waals surface area contributed by atoms with Gasteiger partial charge in [0.05, 0.1) is 11.1 Å². The van der Waals surface area contributed by atoms with E-state index in [1.165, 1.54) is 18.2 Å². The molecule has 0 saturated carbocycles. The van der Waals surface area contributed by atoms with Crippen LogP contribution in [0, 0.1) is 17.1 Å². The molecule has 5 heteroatoms. The van der Waals surface area contributed by atoms with Gasteiger partial charge in [0.2, 0.25) is 0 Å². The number of carbonyl (C=O) groups excluding carboxylic acids is 1. The monoisotopic (exact) mass is 267 g/mol. The second-order valence-electron chi connectivity index (χ2n) is 3.79. The van der Waals surface area contributed by atoms with Gasteiger partial charge >= 0.3 is 5.97 Å². The van der Waals surface area contributed by atoms with E-state index in [0.29, 0.717) is 5.56 Å². The third-order valence-electron chi connectivity index (χ3n) is 1.94. The van der Waals surface area contributed by atoms with Gasteiger partial charge < -0.3 is 4.74 Å². The number of hydrogen-bond donors (Lipinski definition) is 0. The zero-order valence-corrected chi connectivity index (χ0v) is 10.7. The number of benzene rings is 1. The van der Waals surface area contributed by atoms with Gasteiger partial charge in [-0.15, -0.1) is 0 Å². The normalized spacial score (nSPS) is 10.7. The van der Waals surface area contributed by atoms with Crippen LogP contribution in [0.15, 0.2) is 18.2 Å². The van der Waals surface area contributed by atoms with Crippen LogP contribution in [-0.4, -0.2) is 12.1 Å². The summed E-state index contributed by atoms with van der Waals surface area (Å²) in [6, 6.07) is 4.19. The van der Waals surface area contributed by atoms with Crippen molar-refractivity contribution in [2.75, 3.05) is 0 Å². The first-order chi connectivity index (χ1) is 8.43. The maximum absolute atomic E-state index is 13.4. The quantitative estimate of drug-likeness (QED) is 0.623. The van der Waals surface area contributed by atoms with Gasteiger partial charge in [0.25, 0.3) is 0 Å². The molecule has 1 aromatic carbocycles. The van der Waals surface area contributed by atoms with Crippen molar-refractivity contribution in [2.45, 2.75) is 20.0 Å². The minimum atomic E-state index is -0.720. The molecule has 0 fully saturated rings. The number of ether oxygens (including phenoxy) is 1. The topological polar surface area (TPSA) is 50.1 Å². The second-order valence-corrected chi connectivity index (χ2v) is 4.20. The molecule has 0 saturated heterocycles. The van der Waals surface area contributed by atoms with E-state index in [2.05, 4.69) is 0 Å². The smallest absolute Gasteiger partial charge is 0.331 e. The summed E-state index contributed by atoms with van der Waals surface area (Å²) in [5.41, 5.74) is 0.177. The van der Waals surface area contributed by atoms with Gasteiger partial charge in [0.15, 0.2) is 0 Å². The molecule has 0 unspecified atom stereocenters. The summed E-state index contributed by atoms with van der Waals surface area (Å²) < 4.78 is 18.3. The Balaban J connectivity index is 2.90. The Morgan fingerprint density at radius 2 is 2.22 bits per heavy atom. The number of esters is 1. The zero-order chi connectivity index (χ0) is 13.7. The fourth-order valence-electron chi connectivity index (χ4n) is 1.23. The Morgan fingerprint density at radius 3 is 2.72 bits per heavy atom. The highest BCUT2D eigenvalue weighted by atomic mass is 35.5. The van der Waals surface area contributed by atoms with Crippen LogP contribution >= 0.6 is 11.6 Å². The first-order valence-electron chi connectivity index (χ1n) is 5.22. The molecule has 0 bridgehead atoms. The number of rotatable bonds is 3. The lowest BCUT2D eigenvalue weighted by Gasteiger charge is -2.04. The van der Waals surface area contributed by atoms with E-state index in [4.69, 9.17) is 21.6 Å². The first-order valence-corrected chi connectivity index (χ1v) is 5.59. The van der Waals surface area contributed by atoms with E-state index >= 15 is 0 Å². The fraction of sp³-hybridized carbons (Fsp3) is 0.231. The fourth-order valence-corrected chi connectivity index (χ4v) is 1.49. The van der Waals surface area contributed by atoms with Gasteiger partial charge in [-0.1, -0.05) is 11.6 Å². The molecule has 0 radical (unpaired) electrons. The highest BCUT2D eigenvalue weighted by Gasteiger charge is 2.08. The minimum absolute atomic E-state index is 0.00868. The molecule has 0 aliphatic rings. The van der Waals surface area contributed by atoms with E-state index in [0.717, 1.165) is 6.07 Å². The molecular weight excluding hydrogens is 257 g/mol. The maximum Gasteiger partial charge on any atom is 0.331 e. The molecule has 94 valence electrons. The van der Waals surface area contributed by atoms with Gasteiger partial charge in [-0.25, -0.2) is 9.18 Å². The molecule has 3 nitrogen and oxygen atoms in total. The lowest BCUT2D eigenvalue weighted by atomic mass is 10.1. The van der Waals surface area contributed by atoms with E-state index in [1.807, 2.05) is 0 Å². The lowest BCUT2D eigenvalue weighted by Crippen LogP contribution is -2.08. The summed E-state index contributed by atoms with van der Waals surface area (Å²) in [6.07, 6.45) is 2.33. The minimum Gasteiger partial charge on any atom is -0.460 e. The summed E-state index contributed by atoms with van der Waals surface area (Å²) >= 11 is 5.72. The first kappa shape index (κ1) is 14.2. The Bertz CT molecular complexity index is 509. The molecule has 0 aliphatic heterocycles. The molecule has 0 aliphatic carbocycles. The maximum atomic E-state index is 13.4. The van der Waals surface area contributed by atoms with Crippen molar-refractivity contribution < 1.29 is 13.9 Å². The Kier molecular flexibility index (Phi) is 4.87. The number of hydrogen-bond acceptors (Lipinski definition) is 3. The molecule has 0 atom stereocenters. The summed E-state index contributed by atoms with van der Waals surface area (Å²) in [7, 11) is 0. The summed E-state index contributed by atoms with van der Waals surface area (Å²) in [5.74, 6) is -1.24. The van der Waals surface area contributed by atoms with Crippen LogP contribution in [0.3, 0.4) is 0 Å². The average molecular weight is 268 g/mol. The molecule has 18 heavy (non-hydrogen) atoms. The molecule has 0 heterocycles. The SMILES string of the molecule is CC(C)OC(=O)/C=C/c1cc(F)c(C#N)c(Cl)c1. The largest absolute Gasteiger partial charge is 0.460 e. The van der Waals surface area contributed by atoms with E-state index in [-0.39, 0.29) is 16.7 Å². The summed E-state index contributed by atoms with van der Waals surface area (Å²) in [5, 5.41) is 8.65. The average Bonchev–Trinajstić information content (AvgIpc) is 2.25. The predicted octanol–water partition coefficient (Wildman–Crippen LogP) is 3.32. The predicted molar refractivity (Wildman–Crippen MR) is 66.4 cm³/mol. The van der Waals surface area contributed by atoms with Crippen molar-refractivity contribution in [2.24, 2.45) is 0 Å². The van der Waals surface area contributed by atoms with E-state index < -0.39 is 11.8 Å². The van der Waals surface area contributed by atoms with Gasteiger partial charge in [-0.05, 0) is 37.6 Å². The van der Waals surface area contributed by atoms with Crippen LogP contribution in [-0.2, 0) is 9.53 Å². The van der Waals surface area contributed by atoms with Gasteiger partial charge in [-0.2, -0.15) is 5.26 Å². The molecular formula is C13H11ClFNO2. The van der Waals surface area contributed by atoms with Gasteiger partial charge in [-0.3, -0.25) is 0 Å². The molecule has 0 spiro atoms. The van der Waals surface area contributed by atoms with Crippen molar-refractivity contribution in [3.05, 3.63) is 40.2 Å². The third kappa shape index (κ3) is 3.86. The van der Waals surface area contributed by atoms with Crippen molar-refractivity contribution in [3.8, 4) is 6.07 Å². The van der Waals surface area contributed by atoms with Crippen molar-refractivity contribution >= 4 is 23.6 Å². The van der Waals surface area contributed by atoms with E-state index in [9.17, 15) is 9.18 Å². The molecule has 0 aromatic heterocycles.